The molecule has 1 atom stereocenters. The lowest BCUT2D eigenvalue weighted by atomic mass is 9.93. The average molecular weight is 364 g/mol. The molecule has 1 unspecified atom stereocenters. The molecule has 8 heteroatoms. The van der Waals surface area contributed by atoms with Gasteiger partial charge in [-0.1, -0.05) is 5.16 Å². The van der Waals surface area contributed by atoms with E-state index in [0.717, 1.165) is 44.3 Å². The number of amides is 1. The molecule has 8 nitrogen and oxygen atoms in total. The number of likely N-dealkylation sites (tertiary alicyclic amines) is 1. The minimum atomic E-state index is -0.000153. The molecule has 27 heavy (non-hydrogen) atoms. The van der Waals surface area contributed by atoms with Crippen molar-refractivity contribution in [3.8, 4) is 11.5 Å². The predicted octanol–water partition coefficient (Wildman–Crippen LogP) is 2.41. The van der Waals surface area contributed by atoms with E-state index in [0.29, 0.717) is 23.2 Å². The molecule has 1 saturated heterocycles. The smallest absolute Gasteiger partial charge is 0.258 e. The Morgan fingerprint density at radius 3 is 2.81 bits per heavy atom. The maximum Gasteiger partial charge on any atom is 0.258 e. The van der Waals surface area contributed by atoms with E-state index in [1.807, 2.05) is 17.0 Å². The van der Waals surface area contributed by atoms with Crippen LogP contribution in [-0.2, 0) is 6.42 Å². The summed E-state index contributed by atoms with van der Waals surface area (Å²) in [6, 6.07) is 3.68. The van der Waals surface area contributed by atoms with Gasteiger partial charge in [0.1, 0.15) is 6.33 Å². The third-order valence-corrected chi connectivity index (χ3v) is 4.79. The van der Waals surface area contributed by atoms with Crippen LogP contribution in [-0.4, -0.2) is 49.0 Å². The summed E-state index contributed by atoms with van der Waals surface area (Å²) in [5.41, 5.74) is 1.40. The molecule has 4 heterocycles. The first-order valence-corrected chi connectivity index (χ1v) is 9.07. The zero-order valence-electron chi connectivity index (χ0n) is 14.9. The van der Waals surface area contributed by atoms with Crippen LogP contribution in [0, 0.1) is 5.92 Å². The summed E-state index contributed by atoms with van der Waals surface area (Å²) in [7, 11) is 0. The van der Waals surface area contributed by atoms with Gasteiger partial charge in [0, 0.05) is 49.9 Å². The van der Waals surface area contributed by atoms with Crippen LogP contribution < -0.4 is 0 Å². The highest BCUT2D eigenvalue weighted by Gasteiger charge is 2.25. The molecule has 0 radical (unpaired) electrons. The highest BCUT2D eigenvalue weighted by molar-refractivity contribution is 5.93. The number of hydrogen-bond acceptors (Lipinski definition) is 7. The van der Waals surface area contributed by atoms with E-state index in [2.05, 4.69) is 25.1 Å². The van der Waals surface area contributed by atoms with Crippen LogP contribution in [0.4, 0.5) is 0 Å². The van der Waals surface area contributed by atoms with Crippen LogP contribution in [0.15, 0.2) is 47.8 Å². The quantitative estimate of drug-likeness (QED) is 0.685. The fraction of sp³-hybridized carbons (Fsp3) is 0.368. The summed E-state index contributed by atoms with van der Waals surface area (Å²) < 4.78 is 5.34. The minimum Gasteiger partial charge on any atom is -0.338 e. The molecule has 0 spiro atoms. The van der Waals surface area contributed by atoms with Gasteiger partial charge in [0.25, 0.3) is 11.8 Å². The first-order chi connectivity index (χ1) is 13.3. The number of carbonyl (C=O) groups excluding carboxylic acids is 1. The lowest BCUT2D eigenvalue weighted by Crippen LogP contribution is -2.40. The van der Waals surface area contributed by atoms with Gasteiger partial charge in [-0.3, -0.25) is 9.78 Å². The second-order valence-corrected chi connectivity index (χ2v) is 6.68. The molecule has 0 aliphatic carbocycles. The van der Waals surface area contributed by atoms with E-state index >= 15 is 0 Å². The molecule has 0 aromatic carbocycles. The van der Waals surface area contributed by atoms with E-state index < -0.39 is 0 Å². The van der Waals surface area contributed by atoms with E-state index in [1.54, 1.807) is 24.8 Å². The monoisotopic (exact) mass is 364 g/mol. The van der Waals surface area contributed by atoms with Gasteiger partial charge in [0.15, 0.2) is 5.82 Å². The van der Waals surface area contributed by atoms with Crippen LogP contribution in [0.2, 0.25) is 0 Å². The molecular weight excluding hydrogens is 344 g/mol. The Kier molecular flexibility index (Phi) is 5.13. The van der Waals surface area contributed by atoms with Crippen molar-refractivity contribution in [1.82, 2.24) is 30.0 Å². The van der Waals surface area contributed by atoms with Crippen molar-refractivity contribution < 1.29 is 9.32 Å². The van der Waals surface area contributed by atoms with Gasteiger partial charge in [-0.15, -0.1) is 0 Å². The van der Waals surface area contributed by atoms with Gasteiger partial charge >= 0.3 is 0 Å². The average Bonchev–Trinajstić information content (AvgIpc) is 3.22. The SMILES string of the molecule is O=C(c1cncnc1)N1CCCC(CCc2noc(-c3ccncc3)n2)C1. The number of aryl methyl sites for hydroxylation is 1. The van der Waals surface area contributed by atoms with E-state index in [9.17, 15) is 4.79 Å². The Morgan fingerprint density at radius 2 is 2.00 bits per heavy atom. The van der Waals surface area contributed by atoms with Gasteiger partial charge < -0.3 is 9.42 Å². The van der Waals surface area contributed by atoms with E-state index in [4.69, 9.17) is 4.52 Å². The number of rotatable bonds is 5. The molecule has 3 aromatic heterocycles. The lowest BCUT2D eigenvalue weighted by molar-refractivity contribution is 0.0667. The molecule has 138 valence electrons. The van der Waals surface area contributed by atoms with Crippen LogP contribution in [0.25, 0.3) is 11.5 Å². The molecule has 1 fully saturated rings. The van der Waals surface area contributed by atoms with Gasteiger partial charge in [-0.2, -0.15) is 4.98 Å². The zero-order valence-corrected chi connectivity index (χ0v) is 14.9. The van der Waals surface area contributed by atoms with E-state index in [1.165, 1.54) is 6.33 Å². The van der Waals surface area contributed by atoms with Crippen molar-refractivity contribution in [3.63, 3.8) is 0 Å². The molecule has 1 aliphatic rings. The third-order valence-electron chi connectivity index (χ3n) is 4.79. The molecule has 1 amide bonds. The molecule has 0 saturated carbocycles. The second-order valence-electron chi connectivity index (χ2n) is 6.68. The van der Waals surface area contributed by atoms with Gasteiger partial charge in [0.2, 0.25) is 0 Å². The van der Waals surface area contributed by atoms with Gasteiger partial charge in [-0.25, -0.2) is 9.97 Å². The topological polar surface area (TPSA) is 97.9 Å². The Bertz CT molecular complexity index is 883. The largest absolute Gasteiger partial charge is 0.338 e. The van der Waals surface area contributed by atoms with Crippen LogP contribution in [0.5, 0.6) is 0 Å². The first kappa shape index (κ1) is 17.3. The van der Waals surface area contributed by atoms with Crippen molar-refractivity contribution in [3.05, 3.63) is 54.6 Å². The minimum absolute atomic E-state index is 0.000153. The molecule has 1 aliphatic heterocycles. The van der Waals surface area contributed by atoms with Crippen molar-refractivity contribution in [2.45, 2.75) is 25.7 Å². The fourth-order valence-electron chi connectivity index (χ4n) is 3.38. The van der Waals surface area contributed by atoms with Crippen LogP contribution in [0.1, 0.15) is 35.4 Å². The lowest BCUT2D eigenvalue weighted by Gasteiger charge is -2.32. The molecule has 4 rings (SSSR count). The predicted molar refractivity (Wildman–Crippen MR) is 96.5 cm³/mol. The Labute approximate surface area is 156 Å². The summed E-state index contributed by atoms with van der Waals surface area (Å²) >= 11 is 0. The van der Waals surface area contributed by atoms with Crippen molar-refractivity contribution in [1.29, 1.82) is 0 Å². The normalized spacial score (nSPS) is 17.0. The zero-order chi connectivity index (χ0) is 18.5. The second kappa shape index (κ2) is 8.03. The highest BCUT2D eigenvalue weighted by Crippen LogP contribution is 2.23. The molecular formula is C19H20N6O2. The summed E-state index contributed by atoms with van der Waals surface area (Å²) in [6.45, 7) is 1.52. The summed E-state index contributed by atoms with van der Waals surface area (Å²) in [6.07, 6.45) is 11.7. The highest BCUT2D eigenvalue weighted by atomic mass is 16.5. The molecule has 0 bridgehead atoms. The van der Waals surface area contributed by atoms with Gasteiger partial charge in [-0.05, 0) is 37.3 Å². The maximum atomic E-state index is 12.6. The molecule has 0 N–H and O–H groups in total. The number of aromatic nitrogens is 5. The number of carbonyl (C=O) groups is 1. The van der Waals surface area contributed by atoms with Crippen molar-refractivity contribution in [2.75, 3.05) is 13.1 Å². The van der Waals surface area contributed by atoms with Crippen molar-refractivity contribution in [2.24, 2.45) is 5.92 Å². The number of nitrogens with zero attached hydrogens (tertiary/aromatic N) is 6. The van der Waals surface area contributed by atoms with Crippen LogP contribution >= 0.6 is 0 Å². The standard InChI is InChI=1S/C19H20N6O2/c26-19(16-10-21-13-22-11-16)25-9-1-2-14(12-25)3-4-17-23-18(27-24-17)15-5-7-20-8-6-15/h5-8,10-11,13-14H,1-4,9,12H2. The number of piperidine rings is 1. The van der Waals surface area contributed by atoms with Gasteiger partial charge in [0.05, 0.1) is 5.56 Å². The summed E-state index contributed by atoms with van der Waals surface area (Å²) in [5, 5.41) is 4.08. The Hall–Kier alpha value is -3.16. The number of pyridine rings is 1. The van der Waals surface area contributed by atoms with Crippen molar-refractivity contribution >= 4 is 5.91 Å². The maximum absolute atomic E-state index is 12.6. The fourth-order valence-corrected chi connectivity index (χ4v) is 3.38. The third kappa shape index (κ3) is 4.16. The number of hydrogen-bond donors (Lipinski definition) is 0. The first-order valence-electron chi connectivity index (χ1n) is 9.07. The molecule has 3 aromatic rings. The van der Waals surface area contributed by atoms with E-state index in [-0.39, 0.29) is 5.91 Å². The summed E-state index contributed by atoms with van der Waals surface area (Å²) in [5.74, 6) is 1.63. The Morgan fingerprint density at radius 1 is 1.19 bits per heavy atom. The summed E-state index contributed by atoms with van der Waals surface area (Å²) in [4.78, 5) is 30.8. The Balaban J connectivity index is 1.34. The van der Waals surface area contributed by atoms with Crippen LogP contribution in [0.3, 0.4) is 0 Å².